The van der Waals surface area contributed by atoms with Crippen molar-refractivity contribution in [1.82, 2.24) is 4.57 Å². The van der Waals surface area contributed by atoms with Gasteiger partial charge in [-0.2, -0.15) is 0 Å². The molecule has 6 heteroatoms. The van der Waals surface area contributed by atoms with Crippen LogP contribution in [-0.4, -0.2) is 20.1 Å². The van der Waals surface area contributed by atoms with Gasteiger partial charge in [-0.15, -0.1) is 0 Å². The smallest absolute Gasteiger partial charge is 0.211 e. The molecule has 1 heterocycles. The highest BCUT2D eigenvalue weighted by atomic mass is 32.2. The summed E-state index contributed by atoms with van der Waals surface area (Å²) in [6.45, 7) is 4.32. The topological polar surface area (TPSA) is 65.4 Å². The molecule has 0 fully saturated rings. The first-order valence-corrected chi connectivity index (χ1v) is 11.4. The van der Waals surface area contributed by atoms with Crippen molar-refractivity contribution in [2.45, 2.75) is 30.2 Å². The largest absolute Gasteiger partial charge is 0.497 e. The minimum absolute atomic E-state index is 0.0968. The SMILES string of the molecule is COc1ccc2c(c1)c(=O)c(S(=O)(=O)c1ccc(C)cc1)cn2Cc1cccc(C)c1. The van der Waals surface area contributed by atoms with Gasteiger partial charge in [-0.05, 0) is 49.7 Å². The van der Waals surface area contributed by atoms with Gasteiger partial charge in [0.2, 0.25) is 15.3 Å². The van der Waals surface area contributed by atoms with Crippen molar-refractivity contribution in [3.8, 4) is 5.75 Å². The van der Waals surface area contributed by atoms with Gasteiger partial charge in [-0.1, -0.05) is 47.5 Å². The van der Waals surface area contributed by atoms with Crippen LogP contribution in [0.15, 0.2) is 87.5 Å². The Morgan fingerprint density at radius 1 is 0.903 bits per heavy atom. The zero-order valence-electron chi connectivity index (χ0n) is 17.6. The number of fused-ring (bicyclic) bond motifs is 1. The Kier molecular flexibility index (Phi) is 5.41. The first kappa shape index (κ1) is 20.9. The molecule has 0 N–H and O–H groups in total. The fourth-order valence-electron chi connectivity index (χ4n) is 3.65. The molecule has 0 aliphatic rings. The minimum Gasteiger partial charge on any atom is -0.497 e. The van der Waals surface area contributed by atoms with E-state index in [1.165, 1.54) is 25.4 Å². The van der Waals surface area contributed by atoms with Crippen LogP contribution in [0.25, 0.3) is 10.9 Å². The van der Waals surface area contributed by atoms with E-state index in [-0.39, 0.29) is 9.79 Å². The summed E-state index contributed by atoms with van der Waals surface area (Å²) in [5, 5.41) is 0.306. The van der Waals surface area contributed by atoms with Crippen LogP contribution in [-0.2, 0) is 16.4 Å². The quantitative estimate of drug-likeness (QED) is 0.465. The second-order valence-corrected chi connectivity index (χ2v) is 9.56. The third kappa shape index (κ3) is 3.99. The third-order valence-corrected chi connectivity index (χ3v) is 7.07. The minimum atomic E-state index is -3.99. The Hall–Kier alpha value is -3.38. The number of hydrogen-bond acceptors (Lipinski definition) is 4. The van der Waals surface area contributed by atoms with Gasteiger partial charge in [0, 0.05) is 12.7 Å². The van der Waals surface area contributed by atoms with Crippen LogP contribution in [0.4, 0.5) is 0 Å². The second kappa shape index (κ2) is 8.04. The Bertz CT molecular complexity index is 1440. The molecule has 0 spiro atoms. The lowest BCUT2D eigenvalue weighted by Crippen LogP contribution is -2.19. The fraction of sp³-hybridized carbons (Fsp3) is 0.160. The lowest BCUT2D eigenvalue weighted by Gasteiger charge is -2.15. The van der Waals surface area contributed by atoms with E-state index in [4.69, 9.17) is 4.74 Å². The number of ether oxygens (including phenoxy) is 1. The fourth-order valence-corrected chi connectivity index (χ4v) is 5.02. The van der Waals surface area contributed by atoms with Gasteiger partial charge in [0.15, 0.2) is 0 Å². The average Bonchev–Trinajstić information content (AvgIpc) is 2.75. The lowest BCUT2D eigenvalue weighted by molar-refractivity contribution is 0.415. The predicted octanol–water partition coefficient (Wildman–Crippen LogP) is 4.51. The van der Waals surface area contributed by atoms with E-state index in [2.05, 4.69) is 0 Å². The summed E-state index contributed by atoms with van der Waals surface area (Å²) in [6, 6.07) is 19.7. The second-order valence-electron chi connectivity index (χ2n) is 7.64. The van der Waals surface area contributed by atoms with E-state index in [1.807, 2.05) is 42.7 Å². The molecule has 0 saturated heterocycles. The number of pyridine rings is 1. The molecule has 0 amide bonds. The molecule has 4 aromatic rings. The Morgan fingerprint density at radius 2 is 1.65 bits per heavy atom. The maximum atomic E-state index is 13.4. The van der Waals surface area contributed by atoms with Crippen molar-refractivity contribution in [3.63, 3.8) is 0 Å². The maximum Gasteiger partial charge on any atom is 0.211 e. The van der Waals surface area contributed by atoms with E-state index in [0.717, 1.165) is 16.7 Å². The molecule has 0 aliphatic heterocycles. The molecular formula is C25H23NO4S. The predicted molar refractivity (Wildman–Crippen MR) is 122 cm³/mol. The zero-order chi connectivity index (χ0) is 22.2. The summed E-state index contributed by atoms with van der Waals surface area (Å²) in [6.07, 6.45) is 1.45. The standard InChI is InChI=1S/C25H23NO4S/c1-17-7-10-21(11-8-17)31(28,29)24-16-26(15-19-6-4-5-18(2)13-19)23-12-9-20(30-3)14-22(23)25(24)27/h4-14,16H,15H2,1-3H3. The highest BCUT2D eigenvalue weighted by molar-refractivity contribution is 7.91. The molecule has 0 bridgehead atoms. The monoisotopic (exact) mass is 433 g/mol. The van der Waals surface area contributed by atoms with Crippen molar-refractivity contribution in [2.24, 2.45) is 0 Å². The van der Waals surface area contributed by atoms with Crippen molar-refractivity contribution >= 4 is 20.7 Å². The third-order valence-electron chi connectivity index (χ3n) is 5.31. The number of sulfone groups is 1. The highest BCUT2D eigenvalue weighted by Crippen LogP contribution is 2.25. The number of aryl methyl sites for hydroxylation is 2. The Labute approximate surface area is 181 Å². The van der Waals surface area contributed by atoms with Crippen molar-refractivity contribution in [2.75, 3.05) is 7.11 Å². The molecule has 31 heavy (non-hydrogen) atoms. The highest BCUT2D eigenvalue weighted by Gasteiger charge is 2.24. The molecule has 158 valence electrons. The van der Waals surface area contributed by atoms with Gasteiger partial charge in [0.1, 0.15) is 10.6 Å². The summed E-state index contributed by atoms with van der Waals surface area (Å²) in [5.41, 5.74) is 3.18. The van der Waals surface area contributed by atoms with E-state index in [1.54, 1.807) is 30.3 Å². The summed E-state index contributed by atoms with van der Waals surface area (Å²) < 4.78 is 33.8. The summed E-state index contributed by atoms with van der Waals surface area (Å²) in [5.74, 6) is 0.497. The molecular weight excluding hydrogens is 410 g/mol. The Balaban J connectivity index is 1.98. The van der Waals surface area contributed by atoms with Crippen molar-refractivity contribution < 1.29 is 13.2 Å². The van der Waals surface area contributed by atoms with Gasteiger partial charge in [-0.25, -0.2) is 8.42 Å². The molecule has 0 aliphatic carbocycles. The molecule has 0 saturated carbocycles. The van der Waals surface area contributed by atoms with E-state index in [0.29, 0.717) is 23.2 Å². The van der Waals surface area contributed by atoms with E-state index >= 15 is 0 Å². The van der Waals surface area contributed by atoms with Crippen LogP contribution >= 0.6 is 0 Å². The number of benzene rings is 3. The van der Waals surface area contributed by atoms with Crippen molar-refractivity contribution in [3.05, 3.63) is 99.8 Å². The van der Waals surface area contributed by atoms with E-state index in [9.17, 15) is 13.2 Å². The van der Waals surface area contributed by atoms with Crippen molar-refractivity contribution in [1.29, 1.82) is 0 Å². The van der Waals surface area contributed by atoms with Crippen LogP contribution in [0, 0.1) is 13.8 Å². The number of nitrogens with zero attached hydrogens (tertiary/aromatic N) is 1. The number of aromatic nitrogens is 1. The zero-order valence-corrected chi connectivity index (χ0v) is 18.4. The molecule has 0 unspecified atom stereocenters. The summed E-state index contributed by atoms with van der Waals surface area (Å²) >= 11 is 0. The number of rotatable bonds is 5. The summed E-state index contributed by atoms with van der Waals surface area (Å²) in [7, 11) is -2.48. The molecule has 3 aromatic carbocycles. The van der Waals surface area contributed by atoms with Gasteiger partial charge >= 0.3 is 0 Å². The molecule has 1 aromatic heterocycles. The van der Waals surface area contributed by atoms with Crippen LogP contribution in [0.3, 0.4) is 0 Å². The first-order valence-electron chi connectivity index (χ1n) is 9.88. The van der Waals surface area contributed by atoms with Crippen LogP contribution in [0.2, 0.25) is 0 Å². The normalized spacial score (nSPS) is 11.6. The average molecular weight is 434 g/mol. The number of methoxy groups -OCH3 is 1. The first-order chi connectivity index (χ1) is 14.8. The molecule has 0 radical (unpaired) electrons. The van der Waals surface area contributed by atoms with Crippen LogP contribution in [0.5, 0.6) is 5.75 Å². The van der Waals surface area contributed by atoms with Gasteiger partial charge in [0.25, 0.3) is 0 Å². The maximum absolute atomic E-state index is 13.4. The van der Waals surface area contributed by atoms with Crippen LogP contribution in [0.1, 0.15) is 16.7 Å². The van der Waals surface area contributed by atoms with E-state index < -0.39 is 15.3 Å². The lowest BCUT2D eigenvalue weighted by atomic mass is 10.1. The molecule has 4 rings (SSSR count). The molecule has 0 atom stereocenters. The summed E-state index contributed by atoms with van der Waals surface area (Å²) in [4.78, 5) is 13.1. The van der Waals surface area contributed by atoms with Crippen LogP contribution < -0.4 is 10.2 Å². The number of hydrogen-bond donors (Lipinski definition) is 0. The van der Waals surface area contributed by atoms with Gasteiger partial charge in [0.05, 0.1) is 22.9 Å². The van der Waals surface area contributed by atoms with Gasteiger partial charge in [-0.3, -0.25) is 4.79 Å². The molecule has 5 nitrogen and oxygen atoms in total. The Morgan fingerprint density at radius 3 is 2.32 bits per heavy atom. The van der Waals surface area contributed by atoms with Gasteiger partial charge < -0.3 is 9.30 Å².